The molecular formula is C13H21ClN2O. The first-order chi connectivity index (χ1) is 7.97. The fourth-order valence-corrected chi connectivity index (χ4v) is 1.93. The maximum Gasteiger partial charge on any atom is 0.121 e. The van der Waals surface area contributed by atoms with E-state index in [0.29, 0.717) is 5.02 Å². The molecule has 0 fully saturated rings. The smallest absolute Gasteiger partial charge is 0.121 e. The molecule has 0 aliphatic rings. The minimum atomic E-state index is 0.0356. The van der Waals surface area contributed by atoms with Crippen molar-refractivity contribution in [2.75, 3.05) is 0 Å². The van der Waals surface area contributed by atoms with E-state index in [2.05, 4.69) is 0 Å². The summed E-state index contributed by atoms with van der Waals surface area (Å²) in [7, 11) is 0. The minimum Gasteiger partial charge on any atom is -0.490 e. The van der Waals surface area contributed by atoms with Crippen molar-refractivity contribution in [3.8, 4) is 5.75 Å². The van der Waals surface area contributed by atoms with E-state index in [0.717, 1.165) is 18.6 Å². The van der Waals surface area contributed by atoms with Crippen LogP contribution in [0.4, 0.5) is 0 Å². The van der Waals surface area contributed by atoms with E-state index in [9.17, 15) is 0 Å². The second-order valence-corrected chi connectivity index (χ2v) is 5.06. The largest absolute Gasteiger partial charge is 0.490 e. The standard InChI is InChI=1S/C13H21ClN2O/c1-9(15)6-13(7-10(2)16)17-12-5-3-4-11(14)8-12/h3-5,8-10,13H,6-7,15-16H2,1-2H3. The van der Waals surface area contributed by atoms with Crippen LogP contribution >= 0.6 is 11.6 Å². The first-order valence-corrected chi connectivity index (χ1v) is 6.28. The molecule has 0 heterocycles. The molecule has 0 aliphatic carbocycles. The van der Waals surface area contributed by atoms with Crippen LogP contribution in [-0.4, -0.2) is 18.2 Å². The van der Waals surface area contributed by atoms with Crippen LogP contribution in [0, 0.1) is 0 Å². The van der Waals surface area contributed by atoms with Gasteiger partial charge in [-0.2, -0.15) is 0 Å². The van der Waals surface area contributed by atoms with E-state index in [1.54, 1.807) is 6.07 Å². The molecule has 0 saturated heterocycles. The predicted molar refractivity (Wildman–Crippen MR) is 72.4 cm³/mol. The molecule has 2 unspecified atom stereocenters. The Labute approximate surface area is 108 Å². The molecule has 1 aromatic carbocycles. The Morgan fingerprint density at radius 1 is 1.18 bits per heavy atom. The van der Waals surface area contributed by atoms with Gasteiger partial charge in [0.2, 0.25) is 0 Å². The van der Waals surface area contributed by atoms with E-state index >= 15 is 0 Å². The molecule has 0 saturated carbocycles. The zero-order valence-electron chi connectivity index (χ0n) is 10.4. The fraction of sp³-hybridized carbons (Fsp3) is 0.538. The third-order valence-corrected chi connectivity index (χ3v) is 2.60. The molecule has 0 bridgehead atoms. The molecule has 4 heteroatoms. The molecule has 0 aromatic heterocycles. The molecular weight excluding hydrogens is 236 g/mol. The highest BCUT2D eigenvalue weighted by Crippen LogP contribution is 2.20. The number of halogens is 1. The summed E-state index contributed by atoms with van der Waals surface area (Å²) in [6, 6.07) is 7.57. The second-order valence-electron chi connectivity index (χ2n) is 4.62. The molecule has 17 heavy (non-hydrogen) atoms. The molecule has 4 N–H and O–H groups in total. The summed E-state index contributed by atoms with van der Waals surface area (Å²) in [6.07, 6.45) is 1.61. The van der Waals surface area contributed by atoms with Crippen LogP contribution in [0.5, 0.6) is 5.75 Å². The lowest BCUT2D eigenvalue weighted by Crippen LogP contribution is -2.32. The van der Waals surface area contributed by atoms with Crippen molar-refractivity contribution in [3.05, 3.63) is 29.3 Å². The van der Waals surface area contributed by atoms with Gasteiger partial charge in [-0.3, -0.25) is 0 Å². The van der Waals surface area contributed by atoms with Gasteiger partial charge in [-0.1, -0.05) is 17.7 Å². The average molecular weight is 257 g/mol. The van der Waals surface area contributed by atoms with Crippen molar-refractivity contribution in [3.63, 3.8) is 0 Å². The normalized spacial score (nSPS) is 16.3. The molecule has 96 valence electrons. The molecule has 0 amide bonds. The van der Waals surface area contributed by atoms with Gasteiger partial charge in [-0.05, 0) is 44.9 Å². The Hall–Kier alpha value is -0.770. The highest BCUT2D eigenvalue weighted by molar-refractivity contribution is 6.30. The number of hydrogen-bond acceptors (Lipinski definition) is 3. The molecule has 0 spiro atoms. The van der Waals surface area contributed by atoms with Crippen molar-refractivity contribution in [1.82, 2.24) is 0 Å². The number of hydrogen-bond donors (Lipinski definition) is 2. The summed E-state index contributed by atoms with van der Waals surface area (Å²) in [5.41, 5.74) is 11.6. The second kappa shape index (κ2) is 6.84. The Balaban J connectivity index is 2.64. The lowest BCUT2D eigenvalue weighted by atomic mass is 10.0. The Morgan fingerprint density at radius 3 is 2.24 bits per heavy atom. The number of rotatable bonds is 6. The van der Waals surface area contributed by atoms with E-state index < -0.39 is 0 Å². The lowest BCUT2D eigenvalue weighted by molar-refractivity contribution is 0.167. The monoisotopic (exact) mass is 256 g/mol. The van der Waals surface area contributed by atoms with Crippen LogP contribution in [-0.2, 0) is 0 Å². The predicted octanol–water partition coefficient (Wildman–Crippen LogP) is 2.56. The van der Waals surface area contributed by atoms with Crippen LogP contribution in [0.2, 0.25) is 5.02 Å². The summed E-state index contributed by atoms with van der Waals surface area (Å²) in [4.78, 5) is 0. The topological polar surface area (TPSA) is 61.3 Å². The van der Waals surface area contributed by atoms with Gasteiger partial charge in [-0.25, -0.2) is 0 Å². The molecule has 0 radical (unpaired) electrons. The van der Waals surface area contributed by atoms with Crippen molar-refractivity contribution in [1.29, 1.82) is 0 Å². The number of ether oxygens (including phenoxy) is 1. The molecule has 1 rings (SSSR count). The number of nitrogens with two attached hydrogens (primary N) is 2. The highest BCUT2D eigenvalue weighted by atomic mass is 35.5. The SMILES string of the molecule is CC(N)CC(CC(C)N)Oc1cccc(Cl)c1. The zero-order valence-corrected chi connectivity index (χ0v) is 11.2. The summed E-state index contributed by atoms with van der Waals surface area (Å²) >= 11 is 5.91. The van der Waals surface area contributed by atoms with Crippen molar-refractivity contribution in [2.24, 2.45) is 11.5 Å². The van der Waals surface area contributed by atoms with E-state index in [1.165, 1.54) is 0 Å². The van der Waals surface area contributed by atoms with Crippen molar-refractivity contribution in [2.45, 2.75) is 44.9 Å². The van der Waals surface area contributed by atoms with E-state index in [-0.39, 0.29) is 18.2 Å². The first kappa shape index (κ1) is 14.3. The van der Waals surface area contributed by atoms with Gasteiger partial charge in [0, 0.05) is 17.1 Å². The molecule has 3 nitrogen and oxygen atoms in total. The van der Waals surface area contributed by atoms with E-state index in [4.69, 9.17) is 27.8 Å². The Bertz CT molecular complexity index is 332. The fourth-order valence-electron chi connectivity index (χ4n) is 1.75. The number of benzene rings is 1. The molecule has 0 aliphatic heterocycles. The Kier molecular flexibility index (Phi) is 5.75. The van der Waals surface area contributed by atoms with Gasteiger partial charge >= 0.3 is 0 Å². The van der Waals surface area contributed by atoms with Crippen LogP contribution in [0.15, 0.2) is 24.3 Å². The third-order valence-electron chi connectivity index (χ3n) is 2.37. The van der Waals surface area contributed by atoms with Crippen LogP contribution in [0.1, 0.15) is 26.7 Å². The van der Waals surface area contributed by atoms with Gasteiger partial charge in [-0.15, -0.1) is 0 Å². The van der Waals surface area contributed by atoms with Gasteiger partial charge < -0.3 is 16.2 Å². The summed E-state index contributed by atoms with van der Waals surface area (Å²) in [5, 5.41) is 0.669. The van der Waals surface area contributed by atoms with Crippen LogP contribution < -0.4 is 16.2 Å². The van der Waals surface area contributed by atoms with Crippen molar-refractivity contribution >= 4 is 11.6 Å². The van der Waals surface area contributed by atoms with Crippen molar-refractivity contribution < 1.29 is 4.74 Å². The zero-order chi connectivity index (χ0) is 12.8. The van der Waals surface area contributed by atoms with Crippen LogP contribution in [0.25, 0.3) is 0 Å². The minimum absolute atomic E-state index is 0.0356. The van der Waals surface area contributed by atoms with Crippen LogP contribution in [0.3, 0.4) is 0 Å². The highest BCUT2D eigenvalue weighted by Gasteiger charge is 2.15. The summed E-state index contributed by atoms with van der Waals surface area (Å²) < 4.78 is 5.87. The van der Waals surface area contributed by atoms with E-state index in [1.807, 2.05) is 32.0 Å². The Morgan fingerprint density at radius 2 is 1.76 bits per heavy atom. The maximum atomic E-state index is 5.91. The average Bonchev–Trinajstić information content (AvgIpc) is 2.14. The van der Waals surface area contributed by atoms with Gasteiger partial charge in [0.25, 0.3) is 0 Å². The van der Waals surface area contributed by atoms with Gasteiger partial charge in [0.1, 0.15) is 11.9 Å². The van der Waals surface area contributed by atoms with Gasteiger partial charge in [0.15, 0.2) is 0 Å². The third kappa shape index (κ3) is 5.91. The molecule has 2 atom stereocenters. The summed E-state index contributed by atoms with van der Waals surface area (Å²) in [5.74, 6) is 0.767. The first-order valence-electron chi connectivity index (χ1n) is 5.90. The quantitative estimate of drug-likeness (QED) is 0.822. The lowest BCUT2D eigenvalue weighted by Gasteiger charge is -2.22. The van der Waals surface area contributed by atoms with Gasteiger partial charge in [0.05, 0.1) is 0 Å². The maximum absolute atomic E-state index is 5.91. The summed E-state index contributed by atoms with van der Waals surface area (Å²) in [6.45, 7) is 3.94. The molecule has 1 aromatic rings.